The zero-order valence-electron chi connectivity index (χ0n) is 10.3. The summed E-state index contributed by atoms with van der Waals surface area (Å²) in [5.74, 6) is 0.780. The minimum atomic E-state index is -0.124. The van der Waals surface area contributed by atoms with Crippen LogP contribution >= 0.6 is 11.6 Å². The van der Waals surface area contributed by atoms with Crippen molar-refractivity contribution in [3.8, 4) is 5.75 Å². The Kier molecular flexibility index (Phi) is 4.24. The van der Waals surface area contributed by atoms with Gasteiger partial charge in [-0.3, -0.25) is 0 Å². The number of rotatable bonds is 4. The van der Waals surface area contributed by atoms with Gasteiger partial charge in [-0.1, -0.05) is 41.4 Å². The summed E-state index contributed by atoms with van der Waals surface area (Å²) in [7, 11) is 0. The van der Waals surface area contributed by atoms with Crippen LogP contribution in [0.25, 0.3) is 0 Å². The highest BCUT2D eigenvalue weighted by Gasteiger charge is 2.06. The first-order chi connectivity index (χ1) is 8.65. The normalized spacial score (nSPS) is 12.2. The second kappa shape index (κ2) is 5.89. The van der Waals surface area contributed by atoms with Crippen molar-refractivity contribution in [1.82, 2.24) is 0 Å². The van der Waals surface area contributed by atoms with E-state index in [-0.39, 0.29) is 6.04 Å². The van der Waals surface area contributed by atoms with E-state index in [2.05, 4.69) is 19.1 Å². The molecule has 3 heteroatoms. The lowest BCUT2D eigenvalue weighted by Gasteiger charge is -2.13. The fraction of sp³-hybridized carbons (Fsp3) is 0.200. The Morgan fingerprint density at radius 2 is 1.67 bits per heavy atom. The van der Waals surface area contributed by atoms with Crippen molar-refractivity contribution in [2.45, 2.75) is 13.0 Å². The lowest BCUT2D eigenvalue weighted by atomic mass is 10.1. The van der Waals surface area contributed by atoms with E-state index in [1.54, 1.807) is 12.1 Å². The summed E-state index contributed by atoms with van der Waals surface area (Å²) in [4.78, 5) is 0. The van der Waals surface area contributed by atoms with Gasteiger partial charge in [0.1, 0.15) is 12.4 Å². The van der Waals surface area contributed by atoms with E-state index in [9.17, 15) is 0 Å². The molecule has 0 saturated heterocycles. The summed E-state index contributed by atoms with van der Waals surface area (Å²) in [5, 5.41) is 0.699. The summed E-state index contributed by atoms with van der Waals surface area (Å²) >= 11 is 5.80. The van der Waals surface area contributed by atoms with Crippen molar-refractivity contribution in [2.75, 3.05) is 6.61 Å². The molecule has 0 aliphatic heterocycles. The molecule has 1 atom stereocenters. The fourth-order valence-corrected chi connectivity index (χ4v) is 1.75. The van der Waals surface area contributed by atoms with Gasteiger partial charge in [0.2, 0.25) is 0 Å². The lowest BCUT2D eigenvalue weighted by Crippen LogP contribution is -2.18. The third-order valence-corrected chi connectivity index (χ3v) is 3.00. The van der Waals surface area contributed by atoms with Crippen molar-refractivity contribution in [1.29, 1.82) is 0 Å². The van der Waals surface area contributed by atoms with Gasteiger partial charge in [0.25, 0.3) is 0 Å². The molecule has 0 radical (unpaired) electrons. The minimum absolute atomic E-state index is 0.124. The smallest absolute Gasteiger partial charge is 0.119 e. The Hall–Kier alpha value is -1.51. The molecule has 0 heterocycles. The van der Waals surface area contributed by atoms with Crippen LogP contribution in [0, 0.1) is 6.92 Å². The number of ether oxygens (including phenoxy) is 1. The molecule has 2 N–H and O–H groups in total. The van der Waals surface area contributed by atoms with Crippen molar-refractivity contribution >= 4 is 11.6 Å². The van der Waals surface area contributed by atoms with E-state index in [0.717, 1.165) is 11.3 Å². The molecule has 2 aromatic carbocycles. The molecule has 0 bridgehead atoms. The van der Waals surface area contributed by atoms with Crippen molar-refractivity contribution in [2.24, 2.45) is 5.73 Å². The first-order valence-corrected chi connectivity index (χ1v) is 6.23. The maximum Gasteiger partial charge on any atom is 0.119 e. The number of aryl methyl sites for hydroxylation is 1. The van der Waals surface area contributed by atoms with Crippen molar-refractivity contribution < 1.29 is 4.74 Å². The van der Waals surface area contributed by atoms with Crippen LogP contribution in [0.5, 0.6) is 5.75 Å². The maximum atomic E-state index is 6.07. The molecule has 0 fully saturated rings. The molecule has 0 aliphatic rings. The highest BCUT2D eigenvalue weighted by Crippen LogP contribution is 2.18. The second-order valence-corrected chi connectivity index (χ2v) is 4.72. The van der Waals surface area contributed by atoms with E-state index in [1.807, 2.05) is 24.3 Å². The van der Waals surface area contributed by atoms with Crippen LogP contribution < -0.4 is 10.5 Å². The van der Waals surface area contributed by atoms with Gasteiger partial charge in [-0.2, -0.15) is 0 Å². The summed E-state index contributed by atoms with van der Waals surface area (Å²) in [6.45, 7) is 2.50. The van der Waals surface area contributed by atoms with Crippen LogP contribution in [0.2, 0.25) is 5.02 Å². The Bertz CT molecular complexity index is 493. The van der Waals surface area contributed by atoms with Crippen LogP contribution in [0.3, 0.4) is 0 Å². The average Bonchev–Trinajstić information content (AvgIpc) is 2.38. The molecule has 0 amide bonds. The number of hydrogen-bond acceptors (Lipinski definition) is 2. The molecule has 0 aromatic heterocycles. The zero-order chi connectivity index (χ0) is 13.0. The largest absolute Gasteiger partial charge is 0.492 e. The van der Waals surface area contributed by atoms with Gasteiger partial charge in [-0.15, -0.1) is 0 Å². The Labute approximate surface area is 112 Å². The van der Waals surface area contributed by atoms with E-state index in [1.165, 1.54) is 5.56 Å². The molecule has 2 rings (SSSR count). The Morgan fingerprint density at radius 1 is 1.06 bits per heavy atom. The molecular formula is C15H16ClNO. The highest BCUT2D eigenvalue weighted by atomic mass is 35.5. The third-order valence-electron chi connectivity index (χ3n) is 2.75. The van der Waals surface area contributed by atoms with Gasteiger partial charge in [-0.25, -0.2) is 0 Å². The van der Waals surface area contributed by atoms with Gasteiger partial charge < -0.3 is 10.5 Å². The number of hydrogen-bond donors (Lipinski definition) is 1. The number of nitrogens with two attached hydrogens (primary N) is 1. The fourth-order valence-electron chi connectivity index (χ4n) is 1.63. The van der Waals surface area contributed by atoms with Gasteiger partial charge in [-0.05, 0) is 36.8 Å². The Morgan fingerprint density at radius 3 is 2.28 bits per heavy atom. The molecule has 0 spiro atoms. The summed E-state index contributed by atoms with van der Waals surface area (Å²) in [6, 6.07) is 15.3. The molecule has 1 unspecified atom stereocenters. The topological polar surface area (TPSA) is 35.2 Å². The zero-order valence-corrected chi connectivity index (χ0v) is 11.0. The van der Waals surface area contributed by atoms with Gasteiger partial charge in [0.05, 0.1) is 6.04 Å². The van der Waals surface area contributed by atoms with Crippen LogP contribution in [-0.4, -0.2) is 6.61 Å². The van der Waals surface area contributed by atoms with E-state index < -0.39 is 0 Å². The van der Waals surface area contributed by atoms with Gasteiger partial charge in [0, 0.05) is 5.02 Å². The Balaban J connectivity index is 1.93. The number of benzene rings is 2. The maximum absolute atomic E-state index is 6.07. The van der Waals surface area contributed by atoms with Crippen LogP contribution in [-0.2, 0) is 0 Å². The van der Waals surface area contributed by atoms with E-state index >= 15 is 0 Å². The lowest BCUT2D eigenvalue weighted by molar-refractivity contribution is 0.290. The molecule has 2 aromatic rings. The molecule has 94 valence electrons. The van der Waals surface area contributed by atoms with Crippen LogP contribution in [0.1, 0.15) is 17.2 Å². The monoisotopic (exact) mass is 261 g/mol. The van der Waals surface area contributed by atoms with E-state index in [4.69, 9.17) is 22.1 Å². The first-order valence-electron chi connectivity index (χ1n) is 5.85. The summed E-state index contributed by atoms with van der Waals surface area (Å²) in [5.41, 5.74) is 8.38. The summed E-state index contributed by atoms with van der Waals surface area (Å²) < 4.78 is 5.62. The van der Waals surface area contributed by atoms with Crippen molar-refractivity contribution in [3.05, 3.63) is 64.7 Å². The minimum Gasteiger partial charge on any atom is -0.492 e. The van der Waals surface area contributed by atoms with Gasteiger partial charge in [0.15, 0.2) is 0 Å². The predicted molar refractivity (Wildman–Crippen MR) is 75.1 cm³/mol. The first kappa shape index (κ1) is 12.9. The SMILES string of the molecule is Cc1ccc(C(N)COc2ccc(Cl)cc2)cc1. The standard InChI is InChI=1S/C15H16ClNO/c1-11-2-4-12(5-3-11)15(17)10-18-14-8-6-13(16)7-9-14/h2-9,15H,10,17H2,1H3. The average molecular weight is 262 g/mol. The quantitative estimate of drug-likeness (QED) is 0.910. The van der Waals surface area contributed by atoms with Crippen LogP contribution in [0.4, 0.5) is 0 Å². The molecular weight excluding hydrogens is 246 g/mol. The predicted octanol–water partition coefficient (Wildman–Crippen LogP) is 3.73. The highest BCUT2D eigenvalue weighted by molar-refractivity contribution is 6.30. The molecule has 2 nitrogen and oxygen atoms in total. The third kappa shape index (κ3) is 3.49. The van der Waals surface area contributed by atoms with Crippen molar-refractivity contribution in [3.63, 3.8) is 0 Å². The number of halogens is 1. The summed E-state index contributed by atoms with van der Waals surface area (Å²) in [6.07, 6.45) is 0. The van der Waals surface area contributed by atoms with E-state index in [0.29, 0.717) is 11.6 Å². The molecule has 0 saturated carbocycles. The second-order valence-electron chi connectivity index (χ2n) is 4.28. The molecule has 18 heavy (non-hydrogen) atoms. The van der Waals surface area contributed by atoms with Gasteiger partial charge >= 0.3 is 0 Å². The molecule has 0 aliphatic carbocycles. The van der Waals surface area contributed by atoms with Crippen LogP contribution in [0.15, 0.2) is 48.5 Å².